The number of hydrogen-bond donors (Lipinski definition) is 1. The molecule has 4 atom stereocenters. The van der Waals surface area contributed by atoms with Crippen LogP contribution in [-0.4, -0.2) is 47.2 Å². The monoisotopic (exact) mass is 420 g/mol. The molecule has 1 aromatic carbocycles. The second kappa shape index (κ2) is 9.60. The third kappa shape index (κ3) is 5.39. The molecule has 7 heteroatoms. The molecule has 30 heavy (non-hydrogen) atoms. The SMILES string of the molecule is CCOc1ccc([C@H]2[C@@H](C(=O)OC(C)C)C(=O)C[C@@](C)(O)[C@@H]2C(=O)OC(C)C)cc1. The Balaban J connectivity index is 2.58. The maximum atomic E-state index is 13.0. The van der Waals surface area contributed by atoms with Gasteiger partial charge < -0.3 is 19.3 Å². The predicted molar refractivity (Wildman–Crippen MR) is 110 cm³/mol. The first-order chi connectivity index (χ1) is 14.0. The van der Waals surface area contributed by atoms with Gasteiger partial charge in [-0.2, -0.15) is 0 Å². The number of esters is 2. The van der Waals surface area contributed by atoms with Crippen LogP contribution in [0.1, 0.15) is 59.4 Å². The van der Waals surface area contributed by atoms with E-state index >= 15 is 0 Å². The molecule has 0 heterocycles. The Hall–Kier alpha value is -2.41. The summed E-state index contributed by atoms with van der Waals surface area (Å²) >= 11 is 0. The van der Waals surface area contributed by atoms with Gasteiger partial charge in [0.15, 0.2) is 5.78 Å². The average molecular weight is 421 g/mol. The molecule has 1 aliphatic carbocycles. The normalized spacial score (nSPS) is 26.6. The van der Waals surface area contributed by atoms with E-state index in [0.717, 1.165) is 0 Å². The molecule has 0 aromatic heterocycles. The maximum Gasteiger partial charge on any atom is 0.317 e. The average Bonchev–Trinajstić information content (AvgIpc) is 2.59. The first-order valence-corrected chi connectivity index (χ1v) is 10.4. The van der Waals surface area contributed by atoms with Gasteiger partial charge in [-0.1, -0.05) is 12.1 Å². The van der Waals surface area contributed by atoms with Crippen molar-refractivity contribution in [3.05, 3.63) is 29.8 Å². The minimum absolute atomic E-state index is 0.337. The summed E-state index contributed by atoms with van der Waals surface area (Å²) in [6.45, 7) is 10.6. The summed E-state index contributed by atoms with van der Waals surface area (Å²) in [4.78, 5) is 38.8. The third-order valence-corrected chi connectivity index (χ3v) is 5.05. The minimum atomic E-state index is -1.67. The summed E-state index contributed by atoms with van der Waals surface area (Å²) in [6, 6.07) is 6.83. The molecule has 1 N–H and O–H groups in total. The number of hydrogen-bond acceptors (Lipinski definition) is 7. The van der Waals surface area contributed by atoms with Crippen LogP contribution in [0.3, 0.4) is 0 Å². The van der Waals surface area contributed by atoms with Crippen molar-refractivity contribution in [1.29, 1.82) is 0 Å². The van der Waals surface area contributed by atoms with E-state index in [1.807, 2.05) is 6.92 Å². The highest BCUT2D eigenvalue weighted by atomic mass is 16.5. The van der Waals surface area contributed by atoms with Gasteiger partial charge in [0.2, 0.25) is 0 Å². The Morgan fingerprint density at radius 3 is 2.10 bits per heavy atom. The van der Waals surface area contributed by atoms with Gasteiger partial charge in [-0.25, -0.2) is 0 Å². The van der Waals surface area contributed by atoms with Gasteiger partial charge in [-0.15, -0.1) is 0 Å². The zero-order chi connectivity index (χ0) is 22.6. The topological polar surface area (TPSA) is 99.1 Å². The number of benzene rings is 1. The zero-order valence-electron chi connectivity index (χ0n) is 18.5. The van der Waals surface area contributed by atoms with Gasteiger partial charge in [0, 0.05) is 12.3 Å². The Bertz CT molecular complexity index is 756. The molecule has 1 aliphatic rings. The lowest BCUT2D eigenvalue weighted by Gasteiger charge is -2.44. The van der Waals surface area contributed by atoms with Crippen LogP contribution < -0.4 is 4.74 Å². The molecule has 0 spiro atoms. The van der Waals surface area contributed by atoms with Crippen LogP contribution in [-0.2, 0) is 23.9 Å². The summed E-state index contributed by atoms with van der Waals surface area (Å²) in [5, 5.41) is 11.0. The van der Waals surface area contributed by atoms with Gasteiger partial charge in [0.1, 0.15) is 11.7 Å². The first-order valence-electron chi connectivity index (χ1n) is 10.4. The van der Waals surface area contributed by atoms with E-state index in [4.69, 9.17) is 14.2 Å². The van der Waals surface area contributed by atoms with E-state index < -0.39 is 53.3 Å². The molecular formula is C23H32O7. The van der Waals surface area contributed by atoms with Crippen molar-refractivity contribution in [2.24, 2.45) is 11.8 Å². The summed E-state index contributed by atoms with van der Waals surface area (Å²) in [5.74, 6) is -4.43. The number of ketones is 1. The number of ether oxygens (including phenoxy) is 3. The van der Waals surface area contributed by atoms with Gasteiger partial charge in [0.05, 0.1) is 30.3 Å². The lowest BCUT2D eigenvalue weighted by atomic mass is 9.61. The van der Waals surface area contributed by atoms with Crippen molar-refractivity contribution in [3.63, 3.8) is 0 Å². The molecule has 0 saturated heterocycles. The van der Waals surface area contributed by atoms with Crippen LogP contribution in [0.4, 0.5) is 0 Å². The number of rotatable bonds is 7. The van der Waals surface area contributed by atoms with Crippen LogP contribution in [0.2, 0.25) is 0 Å². The lowest BCUT2D eigenvalue weighted by Crippen LogP contribution is -2.55. The summed E-state index contributed by atoms with van der Waals surface area (Å²) in [7, 11) is 0. The van der Waals surface area contributed by atoms with E-state index in [0.29, 0.717) is 17.9 Å². The molecule has 2 rings (SSSR count). The Morgan fingerprint density at radius 2 is 1.60 bits per heavy atom. The van der Waals surface area contributed by atoms with Crippen molar-refractivity contribution in [2.75, 3.05) is 6.61 Å². The fourth-order valence-electron chi connectivity index (χ4n) is 3.98. The highest BCUT2D eigenvalue weighted by molar-refractivity contribution is 6.02. The van der Waals surface area contributed by atoms with Crippen LogP contribution in [0, 0.1) is 11.8 Å². The molecule has 1 aromatic rings. The van der Waals surface area contributed by atoms with Gasteiger partial charge in [-0.05, 0) is 59.2 Å². The fraction of sp³-hybridized carbons (Fsp3) is 0.609. The minimum Gasteiger partial charge on any atom is -0.494 e. The Morgan fingerprint density at radius 1 is 1.07 bits per heavy atom. The first kappa shape index (κ1) is 23.9. The molecule has 1 saturated carbocycles. The number of carbonyl (C=O) groups excluding carboxylic acids is 3. The lowest BCUT2D eigenvalue weighted by molar-refractivity contribution is -0.176. The molecular weight excluding hydrogens is 388 g/mol. The van der Waals surface area contributed by atoms with Crippen LogP contribution >= 0.6 is 0 Å². The summed E-state index contributed by atoms with van der Waals surface area (Å²) in [5.41, 5.74) is -1.11. The zero-order valence-corrected chi connectivity index (χ0v) is 18.5. The standard InChI is InChI=1S/C23H32O7/c1-7-28-16-10-8-15(9-11-16)18-19(21(25)29-13(2)3)17(24)12-23(6,27)20(18)22(26)30-14(4)5/h8-11,13-14,18-20,27H,7,12H2,1-6H3/t18-,19-,20-,23+/m0/s1. The second-order valence-corrected chi connectivity index (χ2v) is 8.45. The molecule has 7 nitrogen and oxygen atoms in total. The van der Waals surface area contributed by atoms with Crippen LogP contribution in [0.25, 0.3) is 0 Å². The van der Waals surface area contributed by atoms with E-state index in [-0.39, 0.29) is 6.42 Å². The maximum absolute atomic E-state index is 13.0. The van der Waals surface area contributed by atoms with E-state index in [1.54, 1.807) is 52.0 Å². The van der Waals surface area contributed by atoms with Crippen molar-refractivity contribution >= 4 is 17.7 Å². The van der Waals surface area contributed by atoms with Crippen molar-refractivity contribution in [2.45, 2.75) is 71.7 Å². The Labute approximate surface area is 177 Å². The van der Waals surface area contributed by atoms with Crippen LogP contribution in [0.5, 0.6) is 5.75 Å². The highest BCUT2D eigenvalue weighted by Crippen LogP contribution is 2.47. The highest BCUT2D eigenvalue weighted by Gasteiger charge is 2.57. The molecule has 0 amide bonds. The molecule has 0 bridgehead atoms. The molecule has 0 unspecified atom stereocenters. The van der Waals surface area contributed by atoms with Crippen molar-refractivity contribution in [3.8, 4) is 5.75 Å². The van der Waals surface area contributed by atoms with Crippen LogP contribution in [0.15, 0.2) is 24.3 Å². The van der Waals surface area contributed by atoms with E-state index in [1.165, 1.54) is 6.92 Å². The van der Waals surface area contributed by atoms with E-state index in [2.05, 4.69) is 0 Å². The largest absolute Gasteiger partial charge is 0.494 e. The number of Topliss-reactive ketones (excluding diaryl/α,β-unsaturated/α-hetero) is 1. The third-order valence-electron chi connectivity index (χ3n) is 5.05. The summed E-state index contributed by atoms with van der Waals surface area (Å²) < 4.78 is 16.2. The predicted octanol–water partition coefficient (Wildman–Crippen LogP) is 3.03. The summed E-state index contributed by atoms with van der Waals surface area (Å²) in [6.07, 6.45) is -1.17. The quantitative estimate of drug-likeness (QED) is 0.535. The molecule has 0 radical (unpaired) electrons. The molecule has 0 aliphatic heterocycles. The number of aliphatic hydroxyl groups is 1. The fourth-order valence-corrected chi connectivity index (χ4v) is 3.98. The Kier molecular flexibility index (Phi) is 7.64. The van der Waals surface area contributed by atoms with Gasteiger partial charge in [-0.3, -0.25) is 14.4 Å². The van der Waals surface area contributed by atoms with Crippen molar-refractivity contribution < 1.29 is 33.7 Å². The smallest absolute Gasteiger partial charge is 0.317 e. The second-order valence-electron chi connectivity index (χ2n) is 8.45. The van der Waals surface area contributed by atoms with Crippen molar-refractivity contribution in [1.82, 2.24) is 0 Å². The molecule has 1 fully saturated rings. The molecule has 166 valence electrons. The number of carbonyl (C=O) groups is 3. The van der Waals surface area contributed by atoms with Gasteiger partial charge in [0.25, 0.3) is 0 Å². The van der Waals surface area contributed by atoms with E-state index in [9.17, 15) is 19.5 Å². The van der Waals surface area contributed by atoms with Gasteiger partial charge >= 0.3 is 11.9 Å².